The van der Waals surface area contributed by atoms with Crippen molar-refractivity contribution in [3.8, 4) is 0 Å². The van der Waals surface area contributed by atoms with E-state index in [1.54, 1.807) is 30.3 Å². The number of aromatic carboxylic acids is 2. The molecule has 5 rings (SSSR count). The minimum absolute atomic E-state index is 0.0277. The van der Waals surface area contributed by atoms with Crippen LogP contribution < -0.4 is 4.90 Å². The van der Waals surface area contributed by atoms with Crippen LogP contribution in [0.15, 0.2) is 83.8 Å². The Hall–Kier alpha value is -4.22. The van der Waals surface area contributed by atoms with Crippen molar-refractivity contribution in [3.63, 3.8) is 0 Å². The topological polar surface area (TPSA) is 136 Å². The molecule has 11 heteroatoms. The summed E-state index contributed by atoms with van der Waals surface area (Å²) in [6.45, 7) is 5.18. The average Bonchev–Trinajstić information content (AvgIpc) is 3.02. The molecule has 222 valence electrons. The Balaban J connectivity index is 0.000000262. The van der Waals surface area contributed by atoms with Crippen molar-refractivity contribution in [3.05, 3.63) is 95.6 Å². The third-order valence-corrected chi connectivity index (χ3v) is 9.50. The van der Waals surface area contributed by atoms with Crippen molar-refractivity contribution >= 4 is 33.6 Å². The highest BCUT2D eigenvalue weighted by molar-refractivity contribution is 7.89. The molecule has 42 heavy (non-hydrogen) atoms. The van der Waals surface area contributed by atoms with Crippen molar-refractivity contribution in [2.45, 2.75) is 24.7 Å². The maximum atomic E-state index is 13.1. The van der Waals surface area contributed by atoms with Crippen LogP contribution in [-0.4, -0.2) is 85.0 Å². The monoisotopic (exact) mass is 593 g/mol. The van der Waals surface area contributed by atoms with Crippen molar-refractivity contribution in [1.29, 1.82) is 0 Å². The number of rotatable bonds is 6. The van der Waals surface area contributed by atoms with Gasteiger partial charge in [-0.05, 0) is 61.7 Å². The maximum absolute atomic E-state index is 13.1. The minimum Gasteiger partial charge on any atom is -0.478 e. The number of piperidine rings is 1. The third-order valence-electron chi connectivity index (χ3n) is 7.62. The van der Waals surface area contributed by atoms with E-state index in [1.807, 2.05) is 23.1 Å². The van der Waals surface area contributed by atoms with E-state index in [0.717, 1.165) is 19.5 Å². The predicted molar refractivity (Wildman–Crippen MR) is 158 cm³/mol. The van der Waals surface area contributed by atoms with E-state index in [2.05, 4.69) is 17.0 Å². The molecule has 3 aromatic carbocycles. The van der Waals surface area contributed by atoms with E-state index in [-0.39, 0.29) is 35.1 Å². The molecule has 3 aromatic rings. The molecule has 0 radical (unpaired) electrons. The lowest BCUT2D eigenvalue weighted by Gasteiger charge is -2.39. The van der Waals surface area contributed by atoms with E-state index < -0.39 is 22.0 Å². The molecule has 1 amide bonds. The summed E-state index contributed by atoms with van der Waals surface area (Å²) in [4.78, 5) is 38.8. The van der Waals surface area contributed by atoms with Gasteiger partial charge in [-0.2, -0.15) is 4.31 Å². The van der Waals surface area contributed by atoms with Gasteiger partial charge in [-0.3, -0.25) is 4.79 Å². The largest absolute Gasteiger partial charge is 0.478 e. The number of hydrogen-bond donors (Lipinski definition) is 2. The van der Waals surface area contributed by atoms with Crippen molar-refractivity contribution in [1.82, 2.24) is 9.21 Å². The molecule has 2 N–H and O–H groups in total. The molecule has 2 saturated heterocycles. The van der Waals surface area contributed by atoms with Crippen LogP contribution in [0.3, 0.4) is 0 Å². The smallest absolute Gasteiger partial charge is 0.335 e. The molecular formula is C31H35N3O7S. The Labute approximate surface area is 245 Å². The molecule has 0 aromatic heterocycles. The molecule has 2 fully saturated rings. The number of sulfonamides is 1. The summed E-state index contributed by atoms with van der Waals surface area (Å²) in [5.74, 6) is -2.39. The molecule has 2 heterocycles. The zero-order valence-electron chi connectivity index (χ0n) is 23.4. The van der Waals surface area contributed by atoms with Crippen LogP contribution in [0, 0.1) is 12.8 Å². The van der Waals surface area contributed by atoms with Gasteiger partial charge in [-0.15, -0.1) is 0 Å². The zero-order valence-corrected chi connectivity index (χ0v) is 24.2. The number of benzene rings is 3. The Bertz CT molecular complexity index is 1470. The number of hydrogen-bond acceptors (Lipinski definition) is 6. The second-order valence-corrected chi connectivity index (χ2v) is 12.2. The van der Waals surface area contributed by atoms with Crippen LogP contribution in [0.2, 0.25) is 0 Å². The van der Waals surface area contributed by atoms with Crippen molar-refractivity contribution < 1.29 is 33.0 Å². The molecule has 0 bridgehead atoms. The van der Waals surface area contributed by atoms with Crippen LogP contribution in [0.25, 0.3) is 0 Å². The highest BCUT2D eigenvalue weighted by Crippen LogP contribution is 2.26. The number of carbonyl (C=O) groups is 3. The highest BCUT2D eigenvalue weighted by atomic mass is 32.2. The van der Waals surface area contributed by atoms with Crippen molar-refractivity contribution in [2.75, 3.05) is 44.2 Å². The number of piperazine rings is 1. The highest BCUT2D eigenvalue weighted by Gasteiger charge is 2.35. The van der Waals surface area contributed by atoms with E-state index >= 15 is 0 Å². The fraction of sp³-hybridized carbons (Fsp3) is 0.323. The molecule has 0 spiro atoms. The van der Waals surface area contributed by atoms with Gasteiger partial charge in [0.05, 0.1) is 21.9 Å². The quantitative estimate of drug-likeness (QED) is 0.440. The molecule has 1 atom stereocenters. The lowest BCUT2D eigenvalue weighted by molar-refractivity contribution is -0.137. The van der Waals surface area contributed by atoms with Gasteiger partial charge in [0.1, 0.15) is 0 Å². The fourth-order valence-corrected chi connectivity index (χ4v) is 6.83. The van der Waals surface area contributed by atoms with Crippen LogP contribution in [0.1, 0.15) is 39.1 Å². The summed E-state index contributed by atoms with van der Waals surface area (Å²) >= 11 is 0. The van der Waals surface area contributed by atoms with Crippen LogP contribution >= 0.6 is 0 Å². The number of amides is 1. The number of carboxylic acid groups (broad SMARTS) is 2. The average molecular weight is 594 g/mol. The van der Waals surface area contributed by atoms with Gasteiger partial charge in [0, 0.05) is 45.0 Å². The Morgan fingerprint density at radius 3 is 1.83 bits per heavy atom. The van der Waals surface area contributed by atoms with Gasteiger partial charge in [0.25, 0.3) is 0 Å². The number of carboxylic acids is 2. The van der Waals surface area contributed by atoms with Crippen LogP contribution in [-0.2, 0) is 14.8 Å². The molecule has 1 unspecified atom stereocenters. The van der Waals surface area contributed by atoms with Crippen LogP contribution in [0.5, 0.6) is 0 Å². The second kappa shape index (κ2) is 13.6. The summed E-state index contributed by atoms with van der Waals surface area (Å²) in [6.07, 6.45) is 1.46. The fourth-order valence-electron chi connectivity index (χ4n) is 5.28. The van der Waals surface area contributed by atoms with Gasteiger partial charge in [0.2, 0.25) is 15.9 Å². The molecule has 2 aliphatic heterocycles. The summed E-state index contributed by atoms with van der Waals surface area (Å²) in [5.41, 5.74) is 1.51. The normalized spacial score (nSPS) is 17.6. The lowest BCUT2D eigenvalue weighted by atomic mass is 9.97. The number of anilines is 1. The van der Waals surface area contributed by atoms with Gasteiger partial charge in [-0.1, -0.05) is 42.5 Å². The van der Waals surface area contributed by atoms with E-state index in [1.165, 1.54) is 35.1 Å². The van der Waals surface area contributed by atoms with Crippen LogP contribution in [0.4, 0.5) is 5.69 Å². The molecule has 2 aliphatic rings. The lowest BCUT2D eigenvalue weighted by Crippen LogP contribution is -2.53. The summed E-state index contributed by atoms with van der Waals surface area (Å²) < 4.78 is 27.3. The summed E-state index contributed by atoms with van der Waals surface area (Å²) in [6, 6.07) is 22.9. The zero-order chi connectivity index (χ0) is 30.3. The summed E-state index contributed by atoms with van der Waals surface area (Å²) in [7, 11) is -3.55. The summed E-state index contributed by atoms with van der Waals surface area (Å²) in [5, 5.41) is 17.4. The Morgan fingerprint density at radius 2 is 1.29 bits per heavy atom. The molecule has 0 aliphatic carbocycles. The maximum Gasteiger partial charge on any atom is 0.335 e. The third kappa shape index (κ3) is 7.15. The number of para-hydroxylation sites is 1. The van der Waals surface area contributed by atoms with Gasteiger partial charge in [0.15, 0.2) is 0 Å². The second-order valence-electron chi connectivity index (χ2n) is 10.3. The molecule has 10 nitrogen and oxygen atoms in total. The predicted octanol–water partition coefficient (Wildman–Crippen LogP) is 3.83. The molecular weight excluding hydrogens is 558 g/mol. The van der Waals surface area contributed by atoms with E-state index in [9.17, 15) is 22.8 Å². The first-order valence-electron chi connectivity index (χ1n) is 13.8. The Kier molecular flexibility index (Phi) is 9.97. The van der Waals surface area contributed by atoms with Gasteiger partial charge < -0.3 is 20.0 Å². The van der Waals surface area contributed by atoms with Gasteiger partial charge in [-0.25, -0.2) is 18.0 Å². The standard InChI is InChI=1S/C22H27N3O3S.C9H8O4/c26-22(24-16-14-23(15-17-24)20-9-3-1-4-10-20)19-8-7-13-25(18-19)29(27,28)21-11-5-2-6-12-21;1-5-6(8(10)11)3-2-4-7(5)9(12)13/h1-6,9-12,19H,7-8,13-18H2;2-4H,1H3,(H,10,11)(H,12,13). The SMILES string of the molecule is Cc1c(C(=O)O)cccc1C(=O)O.O=C(C1CCCN(S(=O)(=O)c2ccccc2)C1)N1CCN(c2ccccc2)CC1. The first-order valence-corrected chi connectivity index (χ1v) is 15.2. The first kappa shape index (κ1) is 30.7. The number of carbonyl (C=O) groups excluding carboxylic acids is 1. The Morgan fingerprint density at radius 1 is 0.738 bits per heavy atom. The first-order chi connectivity index (χ1) is 20.1. The number of nitrogens with zero attached hydrogens (tertiary/aromatic N) is 3. The van der Waals surface area contributed by atoms with E-state index in [4.69, 9.17) is 10.2 Å². The molecule has 0 saturated carbocycles. The minimum atomic E-state index is -3.55. The van der Waals surface area contributed by atoms with E-state index in [0.29, 0.717) is 31.0 Å². The van der Waals surface area contributed by atoms with Gasteiger partial charge >= 0.3 is 11.9 Å². The van der Waals surface area contributed by atoms with Crippen molar-refractivity contribution in [2.24, 2.45) is 5.92 Å².